The van der Waals surface area contributed by atoms with Gasteiger partial charge in [0.05, 0.1) is 22.8 Å². The summed E-state index contributed by atoms with van der Waals surface area (Å²) in [6.45, 7) is 5.92. The number of ether oxygens (including phenoxy) is 1. The second-order valence-corrected chi connectivity index (χ2v) is 11.0. The predicted molar refractivity (Wildman–Crippen MR) is 122 cm³/mol. The van der Waals surface area contributed by atoms with Gasteiger partial charge in [0.25, 0.3) is 0 Å². The monoisotopic (exact) mass is 519 g/mol. The maximum absolute atomic E-state index is 12.7. The maximum Gasteiger partial charge on any atom is 0.217 e. The van der Waals surface area contributed by atoms with Crippen molar-refractivity contribution in [2.75, 3.05) is 13.4 Å². The van der Waals surface area contributed by atoms with Crippen LogP contribution in [0, 0.1) is 3.57 Å². The van der Waals surface area contributed by atoms with Gasteiger partial charge in [0.2, 0.25) is 5.88 Å². The zero-order valence-electron chi connectivity index (χ0n) is 16.3. The second kappa shape index (κ2) is 10.2. The number of hydrogen-bond donors (Lipinski definition) is 1. The number of methoxy groups -OCH3 is 1. The molecule has 1 aromatic heterocycles. The lowest BCUT2D eigenvalue weighted by Gasteiger charge is -2.24. The Kier molecular flexibility index (Phi) is 8.51. The number of halogens is 1. The van der Waals surface area contributed by atoms with Crippen LogP contribution in [0.5, 0.6) is 5.88 Å². The van der Waals surface area contributed by atoms with E-state index in [9.17, 15) is 4.21 Å². The average molecular weight is 519 g/mol. The lowest BCUT2D eigenvalue weighted by Crippen LogP contribution is -2.36. The van der Waals surface area contributed by atoms with Crippen molar-refractivity contribution in [1.29, 1.82) is 0 Å². The van der Waals surface area contributed by atoms with Gasteiger partial charge in [-0.1, -0.05) is 23.9 Å². The van der Waals surface area contributed by atoms with Crippen molar-refractivity contribution < 1.29 is 8.95 Å². The molecule has 2 aromatic rings. The summed E-state index contributed by atoms with van der Waals surface area (Å²) >= 11 is 3.78. The standard InChI is InChI=1S/C19H26IN3O2S2/c1-19(2,3)27(24)23-16(13-6-8-14(20)9-7-13)11-10-15-12-17(25-4)22-18(21-15)26-5/h6-9,12,16,23H,10-11H2,1-5H3/t16-,27+/m0/s1. The van der Waals surface area contributed by atoms with Gasteiger partial charge in [-0.15, -0.1) is 0 Å². The summed E-state index contributed by atoms with van der Waals surface area (Å²) in [6.07, 6.45) is 3.45. The van der Waals surface area contributed by atoms with Gasteiger partial charge in [-0.25, -0.2) is 13.9 Å². The van der Waals surface area contributed by atoms with E-state index in [4.69, 9.17) is 4.74 Å². The molecule has 0 saturated heterocycles. The molecule has 1 heterocycles. The first kappa shape index (κ1) is 22.6. The molecule has 0 bridgehead atoms. The topological polar surface area (TPSA) is 64.1 Å². The molecule has 1 N–H and O–H groups in total. The molecule has 0 spiro atoms. The molecule has 0 fully saturated rings. The molecule has 27 heavy (non-hydrogen) atoms. The first-order valence-corrected chi connectivity index (χ1v) is 12.1. The third-order valence-corrected chi connectivity index (χ3v) is 6.77. The molecule has 2 atom stereocenters. The molecule has 148 valence electrons. The highest BCUT2D eigenvalue weighted by molar-refractivity contribution is 14.1. The summed E-state index contributed by atoms with van der Waals surface area (Å²) < 4.78 is 22.1. The Bertz CT molecular complexity index is 757. The molecule has 1 aromatic carbocycles. The van der Waals surface area contributed by atoms with Crippen LogP contribution < -0.4 is 9.46 Å². The van der Waals surface area contributed by atoms with E-state index in [2.05, 4.69) is 61.5 Å². The van der Waals surface area contributed by atoms with Gasteiger partial charge >= 0.3 is 0 Å². The van der Waals surface area contributed by atoms with Crippen molar-refractivity contribution in [2.24, 2.45) is 0 Å². The molecular formula is C19H26IN3O2S2. The summed E-state index contributed by atoms with van der Waals surface area (Å²) in [7, 11) is 0.453. The summed E-state index contributed by atoms with van der Waals surface area (Å²) in [5.74, 6) is 0.571. The highest BCUT2D eigenvalue weighted by Gasteiger charge is 2.24. The summed E-state index contributed by atoms with van der Waals surface area (Å²) in [5, 5.41) is 0.696. The Balaban J connectivity index is 2.21. The van der Waals surface area contributed by atoms with Crippen LogP contribution >= 0.6 is 34.4 Å². The molecule has 0 amide bonds. The number of aryl methyl sites for hydroxylation is 1. The number of nitrogens with one attached hydrogen (secondary N) is 1. The smallest absolute Gasteiger partial charge is 0.217 e. The first-order chi connectivity index (χ1) is 12.7. The van der Waals surface area contributed by atoms with Crippen molar-refractivity contribution >= 4 is 45.3 Å². The van der Waals surface area contributed by atoms with E-state index < -0.39 is 11.0 Å². The molecule has 5 nitrogen and oxygen atoms in total. The second-order valence-electron chi connectivity index (χ2n) is 7.03. The Morgan fingerprint density at radius 2 is 1.93 bits per heavy atom. The van der Waals surface area contributed by atoms with Gasteiger partial charge in [0, 0.05) is 21.4 Å². The van der Waals surface area contributed by atoms with Crippen LogP contribution in [0.15, 0.2) is 35.5 Å². The van der Waals surface area contributed by atoms with Crippen LogP contribution in [-0.4, -0.2) is 32.3 Å². The van der Waals surface area contributed by atoms with E-state index in [-0.39, 0.29) is 10.8 Å². The molecule has 0 aliphatic rings. The van der Waals surface area contributed by atoms with Gasteiger partial charge in [-0.2, -0.15) is 4.98 Å². The largest absolute Gasteiger partial charge is 0.481 e. The van der Waals surface area contributed by atoms with E-state index >= 15 is 0 Å². The minimum Gasteiger partial charge on any atom is -0.481 e. The predicted octanol–water partition coefficient (Wildman–Crippen LogP) is 4.54. The first-order valence-electron chi connectivity index (χ1n) is 8.62. The van der Waals surface area contributed by atoms with Crippen LogP contribution in [0.4, 0.5) is 0 Å². The lowest BCUT2D eigenvalue weighted by atomic mass is 10.0. The van der Waals surface area contributed by atoms with Crippen molar-refractivity contribution in [2.45, 2.75) is 49.6 Å². The highest BCUT2D eigenvalue weighted by atomic mass is 127. The van der Waals surface area contributed by atoms with Crippen LogP contribution in [0.3, 0.4) is 0 Å². The maximum atomic E-state index is 12.7. The fraction of sp³-hybridized carbons (Fsp3) is 0.474. The van der Waals surface area contributed by atoms with E-state index in [1.54, 1.807) is 7.11 Å². The third kappa shape index (κ3) is 6.99. The molecule has 8 heteroatoms. The number of aromatic nitrogens is 2. The van der Waals surface area contributed by atoms with E-state index in [0.717, 1.165) is 24.1 Å². The normalized spacial score (nSPS) is 14.0. The SMILES string of the molecule is COc1cc(CC[C@H](N[S@](=O)C(C)(C)C)c2ccc(I)cc2)nc(SC)n1. The molecule has 0 saturated carbocycles. The number of thioether (sulfide) groups is 1. The van der Waals surface area contributed by atoms with Gasteiger partial charge in [0.1, 0.15) is 0 Å². The van der Waals surface area contributed by atoms with Crippen LogP contribution in [0.1, 0.15) is 44.5 Å². The minimum absolute atomic E-state index is 0.0271. The summed E-state index contributed by atoms with van der Waals surface area (Å²) in [6, 6.07) is 10.2. The fourth-order valence-corrected chi connectivity index (χ4v) is 3.98. The molecule has 0 aliphatic heterocycles. The quantitative estimate of drug-likeness (QED) is 0.315. The Labute approximate surface area is 182 Å². The van der Waals surface area contributed by atoms with Crippen LogP contribution in [-0.2, 0) is 17.4 Å². The number of benzene rings is 1. The van der Waals surface area contributed by atoms with Crippen molar-refractivity contribution in [1.82, 2.24) is 14.7 Å². The Morgan fingerprint density at radius 1 is 1.26 bits per heavy atom. The highest BCUT2D eigenvalue weighted by Crippen LogP contribution is 2.24. The number of hydrogen-bond acceptors (Lipinski definition) is 5. The molecule has 0 aliphatic carbocycles. The van der Waals surface area contributed by atoms with Gasteiger partial charge in [-0.3, -0.25) is 0 Å². The van der Waals surface area contributed by atoms with Gasteiger partial charge < -0.3 is 4.74 Å². The molecular weight excluding hydrogens is 493 g/mol. The molecule has 2 rings (SSSR count). The molecule has 0 unspecified atom stereocenters. The van der Waals surface area contributed by atoms with E-state index in [1.165, 1.54) is 15.3 Å². The van der Waals surface area contributed by atoms with E-state index in [1.807, 2.05) is 33.1 Å². The Hall–Kier alpha value is -0.710. The van der Waals surface area contributed by atoms with E-state index in [0.29, 0.717) is 11.0 Å². The zero-order chi connectivity index (χ0) is 20.0. The van der Waals surface area contributed by atoms with Crippen LogP contribution in [0.2, 0.25) is 0 Å². The average Bonchev–Trinajstić information content (AvgIpc) is 2.64. The van der Waals surface area contributed by atoms with Crippen molar-refractivity contribution in [3.05, 3.63) is 45.2 Å². The van der Waals surface area contributed by atoms with Gasteiger partial charge in [-0.05, 0) is 80.2 Å². The fourth-order valence-electron chi connectivity index (χ4n) is 2.36. The Morgan fingerprint density at radius 3 is 2.48 bits per heavy atom. The zero-order valence-corrected chi connectivity index (χ0v) is 20.1. The minimum atomic E-state index is -1.16. The molecule has 0 radical (unpaired) electrons. The van der Waals surface area contributed by atoms with Crippen molar-refractivity contribution in [3.63, 3.8) is 0 Å². The summed E-state index contributed by atoms with van der Waals surface area (Å²) in [5.41, 5.74) is 2.05. The number of nitrogens with zero attached hydrogens (tertiary/aromatic N) is 2. The van der Waals surface area contributed by atoms with Gasteiger partial charge in [0.15, 0.2) is 5.16 Å². The lowest BCUT2D eigenvalue weighted by molar-refractivity contribution is 0.390. The van der Waals surface area contributed by atoms with Crippen LogP contribution in [0.25, 0.3) is 0 Å². The third-order valence-electron chi connectivity index (χ3n) is 3.89. The summed E-state index contributed by atoms with van der Waals surface area (Å²) in [4.78, 5) is 8.89. The number of rotatable bonds is 8. The van der Waals surface area contributed by atoms with Crippen molar-refractivity contribution in [3.8, 4) is 5.88 Å².